The van der Waals surface area contributed by atoms with Crippen LogP contribution in [0.3, 0.4) is 0 Å². The summed E-state index contributed by atoms with van der Waals surface area (Å²) in [5, 5.41) is 14.7. The van der Waals surface area contributed by atoms with Gasteiger partial charge in [-0.25, -0.2) is 0 Å². The average molecular weight is 343 g/mol. The Morgan fingerprint density at radius 3 is 2.50 bits per heavy atom. The second-order valence-electron chi connectivity index (χ2n) is 4.42. The summed E-state index contributed by atoms with van der Waals surface area (Å²) in [6, 6.07) is 4.72. The molecule has 0 radical (unpaired) electrons. The molecule has 1 aromatic rings. The summed E-state index contributed by atoms with van der Waals surface area (Å²) in [5.41, 5.74) is 0.921. The van der Waals surface area contributed by atoms with Crippen molar-refractivity contribution in [2.45, 2.75) is 13.0 Å². The fraction of sp³-hybridized carbons (Fsp3) is 0.500. The van der Waals surface area contributed by atoms with E-state index < -0.39 is 0 Å². The van der Waals surface area contributed by atoms with Crippen molar-refractivity contribution >= 4 is 42.1 Å². The van der Waals surface area contributed by atoms with Crippen molar-refractivity contribution in [3.63, 3.8) is 0 Å². The lowest BCUT2D eigenvalue weighted by Gasteiger charge is -2.33. The molecule has 8 heteroatoms. The van der Waals surface area contributed by atoms with E-state index in [0.717, 1.165) is 31.7 Å². The monoisotopic (exact) mass is 341 g/mol. The standard InChI is InChI=1S/C12H16ClN3O2.2ClH/c1-9(15-6-4-14-5-7-15)11-8-10(16(17)18)2-3-12(11)13;;/h2-3,8-9,14H,4-7H2,1H3;2*1H/t9-;;/m1../s1. The van der Waals surface area contributed by atoms with Crippen molar-refractivity contribution in [3.8, 4) is 0 Å². The zero-order valence-corrected chi connectivity index (χ0v) is 13.4. The van der Waals surface area contributed by atoms with Gasteiger partial charge in [-0.2, -0.15) is 0 Å². The first-order chi connectivity index (χ1) is 8.59. The van der Waals surface area contributed by atoms with E-state index in [1.807, 2.05) is 6.92 Å². The highest BCUT2D eigenvalue weighted by atomic mass is 35.5. The Labute approximate surface area is 135 Å². The molecule has 114 valence electrons. The van der Waals surface area contributed by atoms with Gasteiger partial charge in [0.15, 0.2) is 0 Å². The molecule has 0 spiro atoms. The molecule has 1 aliphatic heterocycles. The van der Waals surface area contributed by atoms with Gasteiger partial charge in [-0.05, 0) is 18.6 Å². The summed E-state index contributed by atoms with van der Waals surface area (Å²) >= 11 is 6.15. The zero-order valence-electron chi connectivity index (χ0n) is 11.0. The summed E-state index contributed by atoms with van der Waals surface area (Å²) in [6.45, 7) is 5.78. The fourth-order valence-electron chi connectivity index (χ4n) is 2.23. The third-order valence-electron chi connectivity index (χ3n) is 3.34. The predicted molar refractivity (Wildman–Crippen MR) is 85.5 cm³/mol. The van der Waals surface area contributed by atoms with Gasteiger partial charge >= 0.3 is 0 Å². The first-order valence-corrected chi connectivity index (χ1v) is 6.36. The molecule has 0 aromatic heterocycles. The number of nitrogens with one attached hydrogen (secondary N) is 1. The third kappa shape index (κ3) is 4.46. The quantitative estimate of drug-likeness (QED) is 0.677. The lowest BCUT2D eigenvalue weighted by atomic mass is 10.1. The molecule has 0 unspecified atom stereocenters. The Kier molecular flexibility index (Phi) is 8.39. The maximum absolute atomic E-state index is 10.8. The Hall–Kier alpha value is -0.590. The summed E-state index contributed by atoms with van der Waals surface area (Å²) in [7, 11) is 0. The van der Waals surface area contributed by atoms with Gasteiger partial charge in [0.2, 0.25) is 0 Å². The van der Waals surface area contributed by atoms with E-state index >= 15 is 0 Å². The first kappa shape index (κ1) is 19.4. The maximum atomic E-state index is 10.8. The van der Waals surface area contributed by atoms with E-state index in [9.17, 15) is 10.1 Å². The van der Waals surface area contributed by atoms with Crippen LogP contribution in [0, 0.1) is 10.1 Å². The minimum absolute atomic E-state index is 0. The van der Waals surface area contributed by atoms with Crippen molar-refractivity contribution < 1.29 is 4.92 Å². The topological polar surface area (TPSA) is 58.4 Å². The van der Waals surface area contributed by atoms with Gasteiger partial charge in [-0.3, -0.25) is 15.0 Å². The number of benzene rings is 1. The van der Waals surface area contributed by atoms with Crippen LogP contribution in [0.15, 0.2) is 18.2 Å². The van der Waals surface area contributed by atoms with Crippen LogP contribution in [0.4, 0.5) is 5.69 Å². The molecular formula is C12H18Cl3N3O2. The van der Waals surface area contributed by atoms with Crippen LogP contribution in [-0.2, 0) is 0 Å². The number of nitrogens with zero attached hydrogens (tertiary/aromatic N) is 2. The summed E-state index contributed by atoms with van der Waals surface area (Å²) in [6.07, 6.45) is 0. The largest absolute Gasteiger partial charge is 0.314 e. The first-order valence-electron chi connectivity index (χ1n) is 5.98. The molecule has 1 heterocycles. The Bertz CT molecular complexity index is 454. The summed E-state index contributed by atoms with van der Waals surface area (Å²) in [4.78, 5) is 12.7. The van der Waals surface area contributed by atoms with Crippen molar-refractivity contribution in [2.24, 2.45) is 0 Å². The molecule has 0 saturated carbocycles. The number of nitro benzene ring substituents is 1. The van der Waals surface area contributed by atoms with Gasteiger partial charge in [-0.15, -0.1) is 24.8 Å². The van der Waals surface area contributed by atoms with Crippen LogP contribution in [0.2, 0.25) is 5.02 Å². The van der Waals surface area contributed by atoms with Gasteiger partial charge < -0.3 is 5.32 Å². The maximum Gasteiger partial charge on any atom is 0.269 e. The van der Waals surface area contributed by atoms with Gasteiger partial charge in [0.25, 0.3) is 5.69 Å². The van der Waals surface area contributed by atoms with Crippen LogP contribution in [0.25, 0.3) is 0 Å². The molecule has 1 aliphatic rings. The Morgan fingerprint density at radius 1 is 1.35 bits per heavy atom. The van der Waals surface area contributed by atoms with E-state index in [1.165, 1.54) is 6.07 Å². The number of rotatable bonds is 3. The Balaban J connectivity index is 0.00000180. The number of hydrogen-bond acceptors (Lipinski definition) is 4. The molecule has 1 fully saturated rings. The van der Waals surface area contributed by atoms with Crippen LogP contribution < -0.4 is 5.32 Å². The molecule has 0 aliphatic carbocycles. The van der Waals surface area contributed by atoms with Crippen molar-refractivity contribution in [2.75, 3.05) is 26.2 Å². The molecule has 1 atom stereocenters. The minimum Gasteiger partial charge on any atom is -0.314 e. The number of hydrogen-bond donors (Lipinski definition) is 1. The highest BCUT2D eigenvalue weighted by molar-refractivity contribution is 6.31. The van der Waals surface area contributed by atoms with Gasteiger partial charge in [0, 0.05) is 49.4 Å². The predicted octanol–water partition coefficient (Wildman–Crippen LogP) is 3.06. The Morgan fingerprint density at radius 2 is 1.95 bits per heavy atom. The van der Waals surface area contributed by atoms with Crippen molar-refractivity contribution in [1.29, 1.82) is 0 Å². The molecule has 0 amide bonds. The lowest BCUT2D eigenvalue weighted by Crippen LogP contribution is -2.44. The molecule has 1 aromatic carbocycles. The number of non-ortho nitro benzene ring substituents is 1. The molecule has 0 bridgehead atoms. The van der Waals surface area contributed by atoms with Gasteiger partial charge in [0.1, 0.15) is 0 Å². The number of halogens is 3. The zero-order chi connectivity index (χ0) is 13.1. The second-order valence-corrected chi connectivity index (χ2v) is 4.83. The summed E-state index contributed by atoms with van der Waals surface area (Å²) in [5.74, 6) is 0. The molecule has 20 heavy (non-hydrogen) atoms. The van der Waals surface area contributed by atoms with Gasteiger partial charge in [-0.1, -0.05) is 11.6 Å². The number of nitro groups is 1. The molecule has 1 saturated heterocycles. The minimum atomic E-state index is -0.385. The fourth-order valence-corrected chi connectivity index (χ4v) is 2.51. The highest BCUT2D eigenvalue weighted by Gasteiger charge is 2.21. The van der Waals surface area contributed by atoms with Gasteiger partial charge in [0.05, 0.1) is 4.92 Å². The molecule has 2 rings (SSSR count). The molecule has 5 nitrogen and oxygen atoms in total. The van der Waals surface area contributed by atoms with Crippen LogP contribution >= 0.6 is 36.4 Å². The summed E-state index contributed by atoms with van der Waals surface area (Å²) < 4.78 is 0. The third-order valence-corrected chi connectivity index (χ3v) is 3.68. The SMILES string of the molecule is C[C@H](c1cc([N+](=O)[O-])ccc1Cl)N1CCNCC1.Cl.Cl. The van der Waals surface area contributed by atoms with E-state index in [1.54, 1.807) is 12.1 Å². The number of piperazine rings is 1. The second kappa shape index (κ2) is 8.64. The lowest BCUT2D eigenvalue weighted by molar-refractivity contribution is -0.384. The van der Waals surface area contributed by atoms with Crippen LogP contribution in [0.5, 0.6) is 0 Å². The average Bonchev–Trinajstić information content (AvgIpc) is 2.39. The van der Waals surface area contributed by atoms with E-state index in [2.05, 4.69) is 10.2 Å². The molecule has 1 N–H and O–H groups in total. The van der Waals surface area contributed by atoms with Crippen molar-refractivity contribution in [3.05, 3.63) is 38.9 Å². The highest BCUT2D eigenvalue weighted by Crippen LogP contribution is 2.30. The smallest absolute Gasteiger partial charge is 0.269 e. The van der Waals surface area contributed by atoms with E-state index in [-0.39, 0.29) is 41.5 Å². The van der Waals surface area contributed by atoms with Crippen molar-refractivity contribution in [1.82, 2.24) is 10.2 Å². The van der Waals surface area contributed by atoms with E-state index in [4.69, 9.17) is 11.6 Å². The van der Waals surface area contributed by atoms with E-state index in [0.29, 0.717) is 5.02 Å². The molecular weight excluding hydrogens is 325 g/mol. The van der Waals surface area contributed by atoms with Crippen LogP contribution in [0.1, 0.15) is 18.5 Å². The van der Waals surface area contributed by atoms with Crippen LogP contribution in [-0.4, -0.2) is 36.0 Å². The normalized spacial score (nSPS) is 16.7.